The van der Waals surface area contributed by atoms with Crippen molar-refractivity contribution in [3.8, 4) is 0 Å². The van der Waals surface area contributed by atoms with Crippen molar-refractivity contribution in [1.29, 1.82) is 0 Å². The van der Waals surface area contributed by atoms with Gasteiger partial charge in [0, 0.05) is 0 Å². The normalized spacial score (nSPS) is 13.1. The summed E-state index contributed by atoms with van der Waals surface area (Å²) >= 11 is 0. The average molecular weight is 631 g/mol. The third kappa shape index (κ3) is 6.73. The zero-order valence-corrected chi connectivity index (χ0v) is 27.1. The van der Waals surface area contributed by atoms with Crippen LogP contribution >= 0.6 is 0 Å². The van der Waals surface area contributed by atoms with Gasteiger partial charge in [-0.2, -0.15) is 33.9 Å². The number of benzene rings is 2. The number of hydrogen-bond donors (Lipinski definition) is 0. The molecular formula is C34H44Hf. The summed E-state index contributed by atoms with van der Waals surface area (Å²) in [6, 6.07) is 20.4. The fraction of sp³-hybridized carbons (Fsp3) is 0.353. The summed E-state index contributed by atoms with van der Waals surface area (Å²) < 4.78 is 0. The molecule has 0 fully saturated rings. The molecule has 0 unspecified atom stereocenters. The van der Waals surface area contributed by atoms with E-state index in [0.29, 0.717) is 5.41 Å². The summed E-state index contributed by atoms with van der Waals surface area (Å²) in [5.41, 5.74) is 13.9. The van der Waals surface area contributed by atoms with Gasteiger partial charge < -0.3 is 14.9 Å². The molecule has 4 aromatic carbocycles. The minimum absolute atomic E-state index is 0. The summed E-state index contributed by atoms with van der Waals surface area (Å²) in [6.07, 6.45) is 4.71. The molecular weight excluding hydrogens is 587 g/mol. The summed E-state index contributed by atoms with van der Waals surface area (Å²) in [7, 11) is 0. The monoisotopic (exact) mass is 632 g/mol. The van der Waals surface area contributed by atoms with Gasteiger partial charge in [-0.1, -0.05) is 96.3 Å². The molecule has 0 N–H and O–H groups in total. The van der Waals surface area contributed by atoms with Crippen molar-refractivity contribution in [3.63, 3.8) is 0 Å². The van der Waals surface area contributed by atoms with Gasteiger partial charge in [0.15, 0.2) is 0 Å². The minimum atomic E-state index is 0. The molecule has 0 saturated heterocycles. The second-order valence-corrected chi connectivity index (χ2v) is 10.7. The molecule has 0 saturated carbocycles. The zero-order valence-electron chi connectivity index (χ0n) is 23.5. The Morgan fingerprint density at radius 2 is 1.34 bits per heavy atom. The van der Waals surface area contributed by atoms with Gasteiger partial charge in [0.25, 0.3) is 0 Å². The van der Waals surface area contributed by atoms with Crippen molar-refractivity contribution in [3.05, 3.63) is 120 Å². The first-order valence-electron chi connectivity index (χ1n) is 12.1. The second-order valence-electron chi connectivity index (χ2n) is 10.7. The number of fused-ring (bicyclic) bond motifs is 2. The van der Waals surface area contributed by atoms with Crippen LogP contribution in [0, 0.1) is 54.9 Å². The van der Waals surface area contributed by atoms with Crippen molar-refractivity contribution in [1.82, 2.24) is 0 Å². The topological polar surface area (TPSA) is 0 Å². The average Bonchev–Trinajstić information content (AvgIpc) is 3.36. The van der Waals surface area contributed by atoms with Crippen LogP contribution in [0.5, 0.6) is 0 Å². The van der Waals surface area contributed by atoms with Gasteiger partial charge in [0.2, 0.25) is 0 Å². The van der Waals surface area contributed by atoms with Gasteiger partial charge in [-0.25, -0.2) is 0 Å². The van der Waals surface area contributed by atoms with Gasteiger partial charge >= 0.3 is 25.8 Å². The van der Waals surface area contributed by atoms with Crippen molar-refractivity contribution < 1.29 is 25.8 Å². The third-order valence-corrected chi connectivity index (χ3v) is 7.86. The summed E-state index contributed by atoms with van der Waals surface area (Å²) in [5, 5.41) is 2.91. The Morgan fingerprint density at radius 1 is 0.800 bits per heavy atom. The molecule has 0 spiro atoms. The molecule has 0 atom stereocenters. The summed E-state index contributed by atoms with van der Waals surface area (Å²) in [5.74, 6) is 0. The number of rotatable bonds is 3. The van der Waals surface area contributed by atoms with Gasteiger partial charge in [0.05, 0.1) is 0 Å². The van der Waals surface area contributed by atoms with E-state index in [1.807, 2.05) is 0 Å². The molecule has 1 aliphatic carbocycles. The van der Waals surface area contributed by atoms with Crippen molar-refractivity contribution in [2.75, 3.05) is 0 Å². The molecule has 35 heavy (non-hydrogen) atoms. The Morgan fingerprint density at radius 3 is 1.86 bits per heavy atom. The Bertz CT molecular complexity index is 1150. The maximum absolute atomic E-state index is 2.47. The van der Waals surface area contributed by atoms with Crippen LogP contribution in [0.15, 0.2) is 54.6 Å². The van der Waals surface area contributed by atoms with E-state index in [0.717, 1.165) is 12.8 Å². The quantitative estimate of drug-likeness (QED) is 0.156. The molecule has 0 heterocycles. The molecule has 184 valence electrons. The summed E-state index contributed by atoms with van der Waals surface area (Å²) in [4.78, 5) is 0. The molecule has 0 nitrogen and oxygen atoms in total. The molecule has 1 heteroatoms. The molecule has 0 aliphatic heterocycles. The van der Waals surface area contributed by atoms with Crippen LogP contribution in [0.3, 0.4) is 0 Å². The summed E-state index contributed by atoms with van der Waals surface area (Å²) in [6.45, 7) is 15.8. The van der Waals surface area contributed by atoms with E-state index in [1.165, 1.54) is 62.6 Å². The Labute approximate surface area is 234 Å². The first-order valence-corrected chi connectivity index (χ1v) is 12.1. The van der Waals surface area contributed by atoms with Crippen molar-refractivity contribution in [2.24, 2.45) is 5.41 Å². The van der Waals surface area contributed by atoms with E-state index in [2.05, 4.69) is 103 Å². The van der Waals surface area contributed by atoms with Crippen molar-refractivity contribution >= 4 is 10.8 Å². The predicted molar refractivity (Wildman–Crippen MR) is 153 cm³/mol. The third-order valence-electron chi connectivity index (χ3n) is 7.86. The van der Waals surface area contributed by atoms with Crippen LogP contribution in [-0.4, -0.2) is 0 Å². The standard InChI is InChI=1S/C22H23.C10H15.2CH3.Hf/c1-22(2)14-19-12-18-11-10-17(21(18)13-20(19)15-22)9-8-16-6-4-3-5-7-16;1-6-7(2)9(4)10(5)8(6)3;;;/h3-7,10-13H,8-9,14-15H2,1-2H3;1-5H3;2*1H3;/q4*-1;+4. The molecule has 5 rings (SSSR count). The molecule has 1 aliphatic rings. The number of hydrogen-bond acceptors (Lipinski definition) is 0. The first-order chi connectivity index (χ1) is 15.2. The Balaban J connectivity index is 0.000000407. The van der Waals surface area contributed by atoms with Crippen molar-refractivity contribution in [2.45, 2.75) is 74.1 Å². The van der Waals surface area contributed by atoms with Crippen LogP contribution in [-0.2, 0) is 51.5 Å². The van der Waals surface area contributed by atoms with Gasteiger partial charge in [-0.3, -0.25) is 0 Å². The van der Waals surface area contributed by atoms with E-state index in [9.17, 15) is 0 Å². The van der Waals surface area contributed by atoms with E-state index < -0.39 is 0 Å². The van der Waals surface area contributed by atoms with E-state index in [-0.39, 0.29) is 40.7 Å². The fourth-order valence-corrected chi connectivity index (χ4v) is 5.38. The first kappa shape index (κ1) is 31.3. The SMILES string of the molecule is CC1(C)Cc2cc3cc[c-](CCc4ccccc4)c3cc2C1.Cc1c(C)c(C)[c-](C)c1C.[CH3-].[CH3-].[Hf+4]. The van der Waals surface area contributed by atoms with Gasteiger partial charge in [-0.15, -0.1) is 34.5 Å². The zero-order chi connectivity index (χ0) is 23.0. The maximum atomic E-state index is 2.47. The molecule has 0 bridgehead atoms. The molecule has 0 radical (unpaired) electrons. The van der Waals surface area contributed by atoms with Gasteiger partial charge in [0.1, 0.15) is 0 Å². The number of aryl methyl sites for hydroxylation is 2. The fourth-order valence-electron chi connectivity index (χ4n) is 5.38. The van der Waals surface area contributed by atoms with Crippen LogP contribution in [0.4, 0.5) is 0 Å². The second kappa shape index (κ2) is 12.5. The largest absolute Gasteiger partial charge is 4.00 e. The Hall–Kier alpha value is -1.73. The predicted octanol–water partition coefficient (Wildman–Crippen LogP) is 9.31. The van der Waals surface area contributed by atoms with Crippen LogP contribution < -0.4 is 0 Å². The smallest absolute Gasteiger partial charge is 0.358 e. The maximum Gasteiger partial charge on any atom is 4.00 e. The van der Waals surface area contributed by atoms with E-state index in [4.69, 9.17) is 0 Å². The van der Waals surface area contributed by atoms with Crippen LogP contribution in [0.1, 0.15) is 63.9 Å². The van der Waals surface area contributed by atoms with E-state index in [1.54, 1.807) is 11.1 Å². The Kier molecular flexibility index (Phi) is 11.2. The van der Waals surface area contributed by atoms with Crippen LogP contribution in [0.25, 0.3) is 10.8 Å². The molecule has 0 aromatic heterocycles. The minimum Gasteiger partial charge on any atom is -0.358 e. The van der Waals surface area contributed by atoms with Crippen LogP contribution in [0.2, 0.25) is 0 Å². The van der Waals surface area contributed by atoms with E-state index >= 15 is 0 Å². The molecule has 4 aromatic rings. The van der Waals surface area contributed by atoms with Gasteiger partial charge in [-0.05, 0) is 30.2 Å². The molecule has 0 amide bonds.